The summed E-state index contributed by atoms with van der Waals surface area (Å²) in [4.78, 5) is 28.1. The number of carbonyl (C=O) groups is 2. The van der Waals surface area contributed by atoms with E-state index in [2.05, 4.69) is 15.5 Å². The van der Waals surface area contributed by atoms with Crippen molar-refractivity contribution in [3.05, 3.63) is 66.1 Å². The summed E-state index contributed by atoms with van der Waals surface area (Å²) in [7, 11) is 0. The number of rotatable bonds is 6. The zero-order chi connectivity index (χ0) is 18.6. The molecule has 1 aliphatic carbocycles. The third-order valence-corrected chi connectivity index (χ3v) is 4.16. The molecule has 0 atom stereocenters. The van der Waals surface area contributed by atoms with Gasteiger partial charge >= 0.3 is 5.97 Å². The average molecular weight is 363 g/mol. The fourth-order valence-electron chi connectivity index (χ4n) is 2.51. The maximum atomic E-state index is 12.1. The van der Waals surface area contributed by atoms with E-state index in [4.69, 9.17) is 9.26 Å². The quantitative estimate of drug-likeness (QED) is 0.674. The summed E-state index contributed by atoms with van der Waals surface area (Å²) in [6.07, 6.45) is 1.88. The van der Waals surface area contributed by atoms with E-state index in [1.54, 1.807) is 24.3 Å². The Morgan fingerprint density at radius 3 is 2.52 bits per heavy atom. The average Bonchev–Trinajstić information content (AvgIpc) is 3.46. The molecule has 7 nitrogen and oxygen atoms in total. The number of ether oxygens (including phenoxy) is 1. The zero-order valence-corrected chi connectivity index (χ0v) is 14.4. The second-order valence-corrected chi connectivity index (χ2v) is 6.29. The van der Waals surface area contributed by atoms with Crippen molar-refractivity contribution in [3.8, 4) is 11.4 Å². The van der Waals surface area contributed by atoms with Crippen molar-refractivity contribution in [2.75, 3.05) is 5.32 Å². The maximum Gasteiger partial charge on any atom is 0.338 e. The highest BCUT2D eigenvalue weighted by Crippen LogP contribution is 2.30. The predicted octanol–water partition coefficient (Wildman–Crippen LogP) is 3.44. The molecule has 4 rings (SSSR count). The number of nitrogens with one attached hydrogen (secondary N) is 1. The van der Waals surface area contributed by atoms with Gasteiger partial charge < -0.3 is 14.6 Å². The van der Waals surface area contributed by atoms with Crippen molar-refractivity contribution >= 4 is 17.6 Å². The van der Waals surface area contributed by atoms with Crippen LogP contribution in [0.4, 0.5) is 5.69 Å². The van der Waals surface area contributed by atoms with Crippen LogP contribution in [-0.4, -0.2) is 22.0 Å². The third kappa shape index (κ3) is 4.20. The Balaban J connectivity index is 1.32. The van der Waals surface area contributed by atoms with Gasteiger partial charge in [-0.05, 0) is 37.1 Å². The monoisotopic (exact) mass is 363 g/mol. The lowest BCUT2D eigenvalue weighted by molar-refractivity contribution is -0.117. The third-order valence-electron chi connectivity index (χ3n) is 4.16. The van der Waals surface area contributed by atoms with Crippen LogP contribution in [-0.2, 0) is 16.1 Å². The van der Waals surface area contributed by atoms with Crippen LogP contribution in [0.25, 0.3) is 11.4 Å². The summed E-state index contributed by atoms with van der Waals surface area (Å²) >= 11 is 0. The Morgan fingerprint density at radius 2 is 1.81 bits per heavy atom. The summed E-state index contributed by atoms with van der Waals surface area (Å²) in [6.45, 7) is -0.112. The second-order valence-electron chi connectivity index (χ2n) is 6.29. The molecule has 1 fully saturated rings. The molecular formula is C20H17N3O4. The highest BCUT2D eigenvalue weighted by atomic mass is 16.6. The molecule has 0 unspecified atom stereocenters. The molecule has 1 amide bonds. The van der Waals surface area contributed by atoms with E-state index in [0.717, 1.165) is 18.4 Å². The van der Waals surface area contributed by atoms with Crippen molar-refractivity contribution < 1.29 is 18.8 Å². The van der Waals surface area contributed by atoms with Gasteiger partial charge in [0.15, 0.2) is 6.61 Å². The molecule has 1 aliphatic rings. The molecule has 27 heavy (non-hydrogen) atoms. The highest BCUT2D eigenvalue weighted by Gasteiger charge is 2.29. The number of anilines is 1. The van der Waals surface area contributed by atoms with Crippen LogP contribution in [0.5, 0.6) is 0 Å². The largest absolute Gasteiger partial charge is 0.452 e. The Hall–Kier alpha value is -3.48. The van der Waals surface area contributed by atoms with E-state index in [9.17, 15) is 9.59 Å². The van der Waals surface area contributed by atoms with Gasteiger partial charge in [0.25, 0.3) is 5.89 Å². The Kier molecular flexibility index (Phi) is 4.65. The lowest BCUT2D eigenvalue weighted by atomic mass is 10.2. The van der Waals surface area contributed by atoms with Gasteiger partial charge in [-0.25, -0.2) is 4.79 Å². The summed E-state index contributed by atoms with van der Waals surface area (Å²) in [5.74, 6) is 0.309. The normalized spacial score (nSPS) is 13.2. The molecule has 1 aromatic heterocycles. The Labute approximate surface area is 155 Å². The number of benzene rings is 2. The lowest BCUT2D eigenvalue weighted by Gasteiger charge is -2.05. The van der Waals surface area contributed by atoms with E-state index < -0.39 is 5.97 Å². The number of amides is 1. The van der Waals surface area contributed by atoms with Crippen LogP contribution in [0.1, 0.15) is 29.1 Å². The van der Waals surface area contributed by atoms with E-state index in [1.165, 1.54) is 0 Å². The van der Waals surface area contributed by atoms with Crippen LogP contribution in [0.15, 0.2) is 59.1 Å². The molecule has 0 aliphatic heterocycles. The van der Waals surface area contributed by atoms with Crippen molar-refractivity contribution in [2.24, 2.45) is 5.92 Å². The smallest absolute Gasteiger partial charge is 0.338 e. The molecule has 0 bridgehead atoms. The second kappa shape index (κ2) is 7.41. The van der Waals surface area contributed by atoms with Crippen LogP contribution in [0.2, 0.25) is 0 Å². The highest BCUT2D eigenvalue weighted by molar-refractivity contribution is 5.95. The molecule has 3 aromatic rings. The summed E-state index contributed by atoms with van der Waals surface area (Å²) in [6, 6.07) is 15.9. The van der Waals surface area contributed by atoms with Crippen LogP contribution >= 0.6 is 0 Å². The fourth-order valence-corrected chi connectivity index (χ4v) is 2.51. The molecule has 2 aromatic carbocycles. The van der Waals surface area contributed by atoms with Gasteiger partial charge in [-0.1, -0.05) is 35.5 Å². The first kappa shape index (κ1) is 17.0. The Bertz CT molecular complexity index is 947. The van der Waals surface area contributed by atoms with Crippen molar-refractivity contribution in [2.45, 2.75) is 19.4 Å². The van der Waals surface area contributed by atoms with Crippen LogP contribution in [0, 0.1) is 5.92 Å². The first-order chi connectivity index (χ1) is 13.2. The lowest BCUT2D eigenvalue weighted by Crippen LogP contribution is -2.13. The number of carbonyl (C=O) groups excluding carboxylic acids is 2. The zero-order valence-electron chi connectivity index (χ0n) is 14.4. The molecule has 1 saturated carbocycles. The predicted molar refractivity (Wildman–Crippen MR) is 96.6 cm³/mol. The standard InChI is InChI=1S/C20H17N3O4/c24-19(14-6-7-14)21-16-10-8-15(9-11-16)20(25)26-12-17-22-18(23-27-17)13-4-2-1-3-5-13/h1-5,8-11,14H,6-7,12H2,(H,21,24). The summed E-state index contributed by atoms with van der Waals surface area (Å²) in [5, 5.41) is 6.70. The van der Waals surface area contributed by atoms with Gasteiger partial charge in [0.1, 0.15) is 0 Å². The summed E-state index contributed by atoms with van der Waals surface area (Å²) < 4.78 is 10.3. The van der Waals surface area contributed by atoms with Gasteiger partial charge in [0.05, 0.1) is 5.56 Å². The molecule has 0 radical (unpaired) electrons. The number of aromatic nitrogens is 2. The molecule has 0 saturated heterocycles. The topological polar surface area (TPSA) is 94.3 Å². The van der Waals surface area contributed by atoms with Crippen LogP contribution < -0.4 is 5.32 Å². The van der Waals surface area contributed by atoms with Gasteiger partial charge in [0.2, 0.25) is 11.7 Å². The van der Waals surface area contributed by atoms with Gasteiger partial charge in [-0.3, -0.25) is 4.79 Å². The van der Waals surface area contributed by atoms with Crippen molar-refractivity contribution in [3.63, 3.8) is 0 Å². The minimum absolute atomic E-state index is 0.0240. The van der Waals surface area contributed by atoms with Gasteiger partial charge in [0, 0.05) is 17.2 Å². The molecule has 7 heteroatoms. The molecule has 1 heterocycles. The number of nitrogens with zero attached hydrogens (tertiary/aromatic N) is 2. The molecular weight excluding hydrogens is 346 g/mol. The first-order valence-electron chi connectivity index (χ1n) is 8.65. The minimum atomic E-state index is -0.505. The molecule has 136 valence electrons. The summed E-state index contributed by atoms with van der Waals surface area (Å²) in [5.41, 5.74) is 1.86. The number of esters is 1. The molecule has 1 N–H and O–H groups in total. The van der Waals surface area contributed by atoms with Crippen LogP contribution in [0.3, 0.4) is 0 Å². The van der Waals surface area contributed by atoms with Gasteiger partial charge in [-0.2, -0.15) is 4.98 Å². The Morgan fingerprint density at radius 1 is 1.07 bits per heavy atom. The number of hydrogen-bond acceptors (Lipinski definition) is 6. The van der Waals surface area contributed by atoms with Crippen molar-refractivity contribution in [1.29, 1.82) is 0 Å². The van der Waals surface area contributed by atoms with E-state index in [1.807, 2.05) is 30.3 Å². The van der Waals surface area contributed by atoms with Gasteiger partial charge in [-0.15, -0.1) is 0 Å². The van der Waals surface area contributed by atoms with E-state index >= 15 is 0 Å². The van der Waals surface area contributed by atoms with E-state index in [-0.39, 0.29) is 24.3 Å². The SMILES string of the molecule is O=C(OCc1nc(-c2ccccc2)no1)c1ccc(NC(=O)C2CC2)cc1. The first-order valence-corrected chi connectivity index (χ1v) is 8.65. The molecule has 0 spiro atoms. The van der Waals surface area contributed by atoms with Crippen molar-refractivity contribution in [1.82, 2.24) is 10.1 Å². The minimum Gasteiger partial charge on any atom is -0.452 e. The maximum absolute atomic E-state index is 12.1. The number of hydrogen-bond donors (Lipinski definition) is 1. The fraction of sp³-hybridized carbons (Fsp3) is 0.200. The van der Waals surface area contributed by atoms with E-state index in [0.29, 0.717) is 17.1 Å².